The normalized spacial score (nSPS) is 19.7. The molecule has 0 heterocycles. The zero-order valence-corrected chi connectivity index (χ0v) is 10.4. The molecule has 1 atom stereocenters. The van der Waals surface area contributed by atoms with Crippen LogP contribution in [0.15, 0.2) is 0 Å². The van der Waals surface area contributed by atoms with E-state index in [1.54, 1.807) is 0 Å². The van der Waals surface area contributed by atoms with E-state index in [1.807, 2.05) is 0 Å². The molecule has 0 nitrogen and oxygen atoms in total. The first-order valence-corrected chi connectivity index (χ1v) is 3.82. The van der Waals surface area contributed by atoms with Crippen LogP contribution in [0.5, 0.6) is 0 Å². The van der Waals surface area contributed by atoms with E-state index in [-0.39, 0.29) is 41.9 Å². The van der Waals surface area contributed by atoms with Crippen LogP contribution in [0.4, 0.5) is 0 Å². The Bertz CT molecular complexity index is 55.0. The van der Waals surface area contributed by atoms with Crippen LogP contribution in [0.1, 0.15) is 32.1 Å². The Morgan fingerprint density at radius 2 is 1.44 bits per heavy atom. The summed E-state index contributed by atoms with van der Waals surface area (Å²) in [5.74, 6) is 0. The smallest absolute Gasteiger partial charge is 0 e. The molecular formula is C6H13AuPRu. The standard InChI is InChI=1S/C6H13P.Au.Ru/c7-6-4-2-1-3-5-6;;/h6H,1-5,7H2;;. The van der Waals surface area contributed by atoms with E-state index in [9.17, 15) is 0 Å². The van der Waals surface area contributed by atoms with Crippen molar-refractivity contribution in [3.63, 3.8) is 0 Å². The van der Waals surface area contributed by atoms with Gasteiger partial charge in [0, 0.05) is 41.9 Å². The van der Waals surface area contributed by atoms with E-state index in [0.29, 0.717) is 0 Å². The monoisotopic (exact) mass is 415 g/mol. The van der Waals surface area contributed by atoms with Crippen molar-refractivity contribution in [1.82, 2.24) is 0 Å². The molecule has 0 saturated heterocycles. The van der Waals surface area contributed by atoms with Gasteiger partial charge in [0.05, 0.1) is 0 Å². The van der Waals surface area contributed by atoms with Crippen molar-refractivity contribution in [3.8, 4) is 0 Å². The van der Waals surface area contributed by atoms with Crippen molar-refractivity contribution in [1.29, 1.82) is 0 Å². The number of hydrogen-bond donors (Lipinski definition) is 0. The molecule has 9 heavy (non-hydrogen) atoms. The van der Waals surface area contributed by atoms with Crippen LogP contribution in [0.2, 0.25) is 0 Å². The molecule has 1 rings (SSSR count). The van der Waals surface area contributed by atoms with E-state index < -0.39 is 0 Å². The predicted molar refractivity (Wildman–Crippen MR) is 36.6 cm³/mol. The third-order valence-electron chi connectivity index (χ3n) is 1.65. The summed E-state index contributed by atoms with van der Waals surface area (Å²) in [6, 6.07) is 0. The molecule has 1 fully saturated rings. The van der Waals surface area contributed by atoms with Crippen molar-refractivity contribution in [2.75, 3.05) is 0 Å². The van der Waals surface area contributed by atoms with Crippen molar-refractivity contribution < 1.29 is 41.9 Å². The van der Waals surface area contributed by atoms with Crippen LogP contribution < -0.4 is 0 Å². The molecule has 3 heteroatoms. The minimum absolute atomic E-state index is 0. The van der Waals surface area contributed by atoms with Crippen LogP contribution in [-0.2, 0) is 41.9 Å². The van der Waals surface area contributed by atoms with Gasteiger partial charge in [-0.25, -0.2) is 0 Å². The molecule has 1 radical (unpaired) electrons. The predicted octanol–water partition coefficient (Wildman–Crippen LogP) is 2.19. The third kappa shape index (κ3) is 6.20. The van der Waals surface area contributed by atoms with Gasteiger partial charge >= 0.3 is 0 Å². The Kier molecular flexibility index (Phi) is 11.7. The molecule has 0 aromatic carbocycles. The van der Waals surface area contributed by atoms with Crippen LogP contribution >= 0.6 is 9.24 Å². The van der Waals surface area contributed by atoms with Gasteiger partial charge in [-0.2, -0.15) is 0 Å². The first kappa shape index (κ1) is 13.4. The fourth-order valence-electron chi connectivity index (χ4n) is 1.13. The van der Waals surface area contributed by atoms with E-state index in [1.165, 1.54) is 32.1 Å². The SMILES string of the molecule is PC1CCCCC1.[Au].[Ru]. The maximum Gasteiger partial charge on any atom is 0 e. The Balaban J connectivity index is 0. The molecule has 0 aromatic rings. The van der Waals surface area contributed by atoms with Crippen LogP contribution in [0.25, 0.3) is 0 Å². The molecule has 0 spiro atoms. The second-order valence-electron chi connectivity index (χ2n) is 2.40. The molecule has 1 aliphatic carbocycles. The Morgan fingerprint density at radius 3 is 1.67 bits per heavy atom. The van der Waals surface area contributed by atoms with Crippen molar-refractivity contribution >= 4 is 9.24 Å². The summed E-state index contributed by atoms with van der Waals surface area (Å²) >= 11 is 0. The summed E-state index contributed by atoms with van der Waals surface area (Å²) in [5, 5.41) is 0. The summed E-state index contributed by atoms with van der Waals surface area (Å²) in [7, 11) is 2.91. The van der Waals surface area contributed by atoms with Gasteiger partial charge in [0.25, 0.3) is 0 Å². The van der Waals surface area contributed by atoms with Gasteiger partial charge in [0.2, 0.25) is 0 Å². The van der Waals surface area contributed by atoms with Crippen molar-refractivity contribution in [2.45, 2.75) is 37.8 Å². The minimum Gasteiger partial charge on any atom is -0.134 e. The summed E-state index contributed by atoms with van der Waals surface area (Å²) in [6.07, 6.45) is 7.31. The fourth-order valence-corrected chi connectivity index (χ4v) is 1.61. The Morgan fingerprint density at radius 1 is 1.00 bits per heavy atom. The molecule has 1 saturated carbocycles. The largest absolute Gasteiger partial charge is 0.134 e. The molecule has 0 N–H and O–H groups in total. The Labute approximate surface area is 88.4 Å². The van der Waals surface area contributed by atoms with E-state index in [4.69, 9.17) is 0 Å². The van der Waals surface area contributed by atoms with Gasteiger partial charge < -0.3 is 0 Å². The van der Waals surface area contributed by atoms with E-state index in [2.05, 4.69) is 9.24 Å². The van der Waals surface area contributed by atoms with Gasteiger partial charge in [0.15, 0.2) is 0 Å². The van der Waals surface area contributed by atoms with E-state index >= 15 is 0 Å². The maximum atomic E-state index is 2.91. The molecule has 0 bridgehead atoms. The molecule has 61 valence electrons. The topological polar surface area (TPSA) is 0 Å². The summed E-state index contributed by atoms with van der Waals surface area (Å²) in [6.45, 7) is 0. The quantitative estimate of drug-likeness (QED) is 0.421. The molecular weight excluding hydrogens is 401 g/mol. The third-order valence-corrected chi connectivity index (χ3v) is 2.32. The maximum absolute atomic E-state index is 2.91. The van der Waals surface area contributed by atoms with Crippen LogP contribution in [0, 0.1) is 0 Å². The molecule has 1 aliphatic rings. The van der Waals surface area contributed by atoms with Crippen LogP contribution in [0.3, 0.4) is 0 Å². The second kappa shape index (κ2) is 7.90. The zero-order chi connectivity index (χ0) is 5.11. The van der Waals surface area contributed by atoms with Gasteiger partial charge in [0.1, 0.15) is 0 Å². The average molecular weight is 414 g/mol. The Hall–Kier alpha value is 1.79. The first-order valence-electron chi connectivity index (χ1n) is 3.15. The average Bonchev–Trinajstić information content (AvgIpc) is 1.69. The first-order chi connectivity index (χ1) is 3.39. The summed E-state index contributed by atoms with van der Waals surface area (Å²) < 4.78 is 0. The van der Waals surface area contributed by atoms with Crippen LogP contribution in [-0.4, -0.2) is 5.66 Å². The van der Waals surface area contributed by atoms with Crippen molar-refractivity contribution in [2.24, 2.45) is 0 Å². The zero-order valence-electron chi connectivity index (χ0n) is 5.35. The second-order valence-corrected chi connectivity index (χ2v) is 3.34. The van der Waals surface area contributed by atoms with Gasteiger partial charge in [-0.15, -0.1) is 9.24 Å². The molecule has 1 unspecified atom stereocenters. The summed E-state index contributed by atoms with van der Waals surface area (Å²) in [5.41, 5.74) is 0.953. The van der Waals surface area contributed by atoms with Gasteiger partial charge in [-0.1, -0.05) is 19.3 Å². The fraction of sp³-hybridized carbons (Fsp3) is 1.00. The number of hydrogen-bond acceptors (Lipinski definition) is 0. The summed E-state index contributed by atoms with van der Waals surface area (Å²) in [4.78, 5) is 0. The molecule has 0 aromatic heterocycles. The van der Waals surface area contributed by atoms with E-state index in [0.717, 1.165) is 5.66 Å². The minimum atomic E-state index is 0. The molecule has 0 amide bonds. The van der Waals surface area contributed by atoms with Gasteiger partial charge in [-0.3, -0.25) is 0 Å². The van der Waals surface area contributed by atoms with Gasteiger partial charge in [-0.05, 0) is 18.5 Å². The molecule has 0 aliphatic heterocycles. The number of rotatable bonds is 0. The van der Waals surface area contributed by atoms with Crippen molar-refractivity contribution in [3.05, 3.63) is 0 Å².